The second kappa shape index (κ2) is 6.15. The van der Waals surface area contributed by atoms with E-state index in [0.717, 1.165) is 12.8 Å². The molecule has 0 saturated carbocycles. The van der Waals surface area contributed by atoms with Gasteiger partial charge in [-0.1, -0.05) is 6.07 Å². The number of ether oxygens (including phenoxy) is 1. The summed E-state index contributed by atoms with van der Waals surface area (Å²) in [5.74, 6) is 0.483. The maximum absolute atomic E-state index is 11.2. The third-order valence-corrected chi connectivity index (χ3v) is 3.54. The Labute approximate surface area is 117 Å². The lowest BCUT2D eigenvalue weighted by molar-refractivity contribution is 0.189. The molecule has 0 radical (unpaired) electrons. The fourth-order valence-electron chi connectivity index (χ4n) is 2.52. The van der Waals surface area contributed by atoms with E-state index in [2.05, 4.69) is 0 Å². The van der Waals surface area contributed by atoms with Crippen molar-refractivity contribution < 1.29 is 9.53 Å². The summed E-state index contributed by atoms with van der Waals surface area (Å²) in [5.41, 5.74) is 11.8. The van der Waals surface area contributed by atoms with Crippen LogP contribution >= 0.6 is 0 Å². The molecule has 0 spiro atoms. The first-order valence-electron chi connectivity index (χ1n) is 6.61. The number of carbonyl (C=O) groups excluding carboxylic acids is 1. The van der Waals surface area contributed by atoms with Crippen molar-refractivity contribution in [2.75, 3.05) is 18.9 Å². The average Bonchev–Trinajstić information content (AvgIpc) is 2.87. The van der Waals surface area contributed by atoms with E-state index in [1.165, 1.54) is 0 Å². The molecule has 1 unspecified atom stereocenters. The van der Waals surface area contributed by atoms with Crippen LogP contribution in [0.25, 0.3) is 0 Å². The van der Waals surface area contributed by atoms with Gasteiger partial charge >= 0.3 is 6.03 Å². The maximum Gasteiger partial charge on any atom is 0.315 e. The number of hydrogen-bond acceptors (Lipinski definition) is 4. The summed E-state index contributed by atoms with van der Waals surface area (Å²) in [7, 11) is 0. The Morgan fingerprint density at radius 2 is 2.35 bits per heavy atom. The van der Waals surface area contributed by atoms with Gasteiger partial charge in [-0.05, 0) is 25.0 Å². The largest absolute Gasteiger partial charge is 0.492 e. The molecular formula is C14H18N4O2. The van der Waals surface area contributed by atoms with Gasteiger partial charge in [0.05, 0.1) is 12.3 Å². The summed E-state index contributed by atoms with van der Waals surface area (Å²) in [6.07, 6.45) is 2.60. The maximum atomic E-state index is 11.2. The number of nitrogens with two attached hydrogens (primary N) is 2. The molecule has 1 aliphatic heterocycles. The van der Waals surface area contributed by atoms with Crippen molar-refractivity contribution in [2.24, 2.45) is 5.73 Å². The number of benzene rings is 1. The number of likely N-dealkylation sites (tertiary alicyclic amines) is 1. The summed E-state index contributed by atoms with van der Waals surface area (Å²) in [6, 6.07) is 6.91. The Balaban J connectivity index is 1.92. The summed E-state index contributed by atoms with van der Waals surface area (Å²) in [5, 5.41) is 9.05. The molecule has 1 aliphatic rings. The van der Waals surface area contributed by atoms with E-state index in [1.54, 1.807) is 23.1 Å². The van der Waals surface area contributed by atoms with Gasteiger partial charge in [-0.25, -0.2) is 4.79 Å². The minimum absolute atomic E-state index is 0.124. The molecule has 6 nitrogen and oxygen atoms in total. The van der Waals surface area contributed by atoms with Crippen LogP contribution in [0, 0.1) is 11.3 Å². The topological polar surface area (TPSA) is 105 Å². The van der Waals surface area contributed by atoms with Crippen LogP contribution in [0.4, 0.5) is 10.5 Å². The third kappa shape index (κ3) is 2.94. The van der Waals surface area contributed by atoms with E-state index in [4.69, 9.17) is 21.5 Å². The quantitative estimate of drug-likeness (QED) is 0.810. The number of amides is 2. The van der Waals surface area contributed by atoms with Gasteiger partial charge in [-0.2, -0.15) is 5.26 Å². The number of nitriles is 1. The molecule has 1 aromatic rings. The predicted molar refractivity (Wildman–Crippen MR) is 75.0 cm³/mol. The third-order valence-electron chi connectivity index (χ3n) is 3.54. The van der Waals surface area contributed by atoms with Crippen LogP contribution < -0.4 is 16.2 Å². The zero-order valence-electron chi connectivity index (χ0n) is 11.2. The van der Waals surface area contributed by atoms with Gasteiger partial charge in [0.25, 0.3) is 0 Å². The van der Waals surface area contributed by atoms with Gasteiger partial charge < -0.3 is 21.1 Å². The molecule has 1 saturated heterocycles. The smallest absolute Gasteiger partial charge is 0.315 e. The monoisotopic (exact) mass is 274 g/mol. The minimum atomic E-state index is -0.380. The number of anilines is 1. The molecule has 0 aliphatic carbocycles. The molecule has 0 bridgehead atoms. The van der Waals surface area contributed by atoms with Crippen molar-refractivity contribution >= 4 is 11.7 Å². The van der Waals surface area contributed by atoms with E-state index in [-0.39, 0.29) is 12.1 Å². The highest BCUT2D eigenvalue weighted by molar-refractivity contribution is 5.72. The van der Waals surface area contributed by atoms with Gasteiger partial charge in [0, 0.05) is 19.0 Å². The molecule has 1 atom stereocenters. The summed E-state index contributed by atoms with van der Waals surface area (Å²) < 4.78 is 5.62. The number of hydrogen-bond donors (Lipinski definition) is 2. The Morgan fingerprint density at radius 3 is 3.05 bits per heavy atom. The number of primary amides is 1. The van der Waals surface area contributed by atoms with E-state index in [0.29, 0.717) is 36.6 Å². The molecule has 20 heavy (non-hydrogen) atoms. The second-order valence-electron chi connectivity index (χ2n) is 4.80. The highest BCUT2D eigenvalue weighted by Gasteiger charge is 2.26. The van der Waals surface area contributed by atoms with Gasteiger partial charge in [0.1, 0.15) is 17.4 Å². The van der Waals surface area contributed by atoms with Gasteiger partial charge in [0.2, 0.25) is 0 Å². The Morgan fingerprint density at radius 1 is 1.55 bits per heavy atom. The first-order chi connectivity index (χ1) is 9.63. The SMILES string of the molecule is N#Cc1c(N)cccc1OCCC1CCCN1C(N)=O. The summed E-state index contributed by atoms with van der Waals surface area (Å²) in [4.78, 5) is 12.9. The molecule has 4 N–H and O–H groups in total. The van der Waals surface area contributed by atoms with Crippen molar-refractivity contribution in [3.8, 4) is 11.8 Å². The molecule has 6 heteroatoms. The zero-order chi connectivity index (χ0) is 14.5. The van der Waals surface area contributed by atoms with Crippen molar-refractivity contribution in [1.82, 2.24) is 4.90 Å². The highest BCUT2D eigenvalue weighted by Crippen LogP contribution is 2.24. The van der Waals surface area contributed by atoms with Crippen molar-refractivity contribution in [1.29, 1.82) is 5.26 Å². The van der Waals surface area contributed by atoms with Crippen LogP contribution in [-0.2, 0) is 0 Å². The summed E-state index contributed by atoms with van der Waals surface area (Å²) in [6.45, 7) is 1.13. The van der Waals surface area contributed by atoms with Crippen LogP contribution in [0.2, 0.25) is 0 Å². The molecule has 0 aromatic heterocycles. The molecule has 1 aromatic carbocycles. The fourth-order valence-corrected chi connectivity index (χ4v) is 2.52. The summed E-state index contributed by atoms with van der Waals surface area (Å²) >= 11 is 0. The van der Waals surface area contributed by atoms with E-state index in [1.807, 2.05) is 6.07 Å². The van der Waals surface area contributed by atoms with Crippen LogP contribution in [0.15, 0.2) is 18.2 Å². The normalized spacial score (nSPS) is 17.8. The lowest BCUT2D eigenvalue weighted by Crippen LogP contribution is -2.40. The first-order valence-corrected chi connectivity index (χ1v) is 6.61. The lowest BCUT2D eigenvalue weighted by atomic mass is 10.1. The van der Waals surface area contributed by atoms with Gasteiger partial charge in [0.15, 0.2) is 0 Å². The predicted octanol–water partition coefficient (Wildman–Crippen LogP) is 1.45. The van der Waals surface area contributed by atoms with Gasteiger partial charge in [-0.15, -0.1) is 0 Å². The van der Waals surface area contributed by atoms with Crippen LogP contribution in [0.5, 0.6) is 5.75 Å². The number of carbonyl (C=O) groups is 1. The average molecular weight is 274 g/mol. The Kier molecular flexibility index (Phi) is 4.31. The number of urea groups is 1. The molecule has 2 rings (SSSR count). The minimum Gasteiger partial charge on any atom is -0.492 e. The van der Waals surface area contributed by atoms with Gasteiger partial charge in [-0.3, -0.25) is 0 Å². The van der Waals surface area contributed by atoms with Crippen LogP contribution in [0.3, 0.4) is 0 Å². The van der Waals surface area contributed by atoms with E-state index >= 15 is 0 Å². The fraction of sp³-hybridized carbons (Fsp3) is 0.429. The standard InChI is InChI=1S/C14H18N4O2/c15-9-11-12(16)4-1-5-13(11)20-8-6-10-3-2-7-18(10)14(17)19/h1,4-5,10H,2-3,6-8,16H2,(H2,17,19). The molecule has 1 fully saturated rings. The van der Waals surface area contributed by atoms with Crippen molar-refractivity contribution in [3.05, 3.63) is 23.8 Å². The Hall–Kier alpha value is -2.42. The highest BCUT2D eigenvalue weighted by atomic mass is 16.5. The van der Waals surface area contributed by atoms with Crippen molar-refractivity contribution in [2.45, 2.75) is 25.3 Å². The molecule has 106 valence electrons. The van der Waals surface area contributed by atoms with Crippen LogP contribution in [0.1, 0.15) is 24.8 Å². The molecule has 2 amide bonds. The van der Waals surface area contributed by atoms with Crippen LogP contribution in [-0.4, -0.2) is 30.1 Å². The van der Waals surface area contributed by atoms with E-state index in [9.17, 15) is 4.79 Å². The number of nitrogens with zero attached hydrogens (tertiary/aromatic N) is 2. The second-order valence-corrected chi connectivity index (χ2v) is 4.80. The lowest BCUT2D eigenvalue weighted by Gasteiger charge is -2.22. The first kappa shape index (κ1) is 14.0. The zero-order valence-corrected chi connectivity index (χ0v) is 11.2. The van der Waals surface area contributed by atoms with E-state index < -0.39 is 0 Å². The number of nitrogen functional groups attached to an aromatic ring is 1. The molecule has 1 heterocycles. The molecular weight excluding hydrogens is 256 g/mol. The van der Waals surface area contributed by atoms with Crippen molar-refractivity contribution in [3.63, 3.8) is 0 Å². The number of rotatable bonds is 4. The Bertz CT molecular complexity index is 538.